The number of amides is 1. The fourth-order valence-electron chi connectivity index (χ4n) is 3.04. The van der Waals surface area contributed by atoms with Crippen molar-refractivity contribution in [2.45, 2.75) is 6.54 Å². The number of aromatic nitrogens is 2. The molecule has 0 radical (unpaired) electrons. The number of nitrogens with zero attached hydrogens (tertiary/aromatic N) is 4. The molecule has 0 aliphatic heterocycles. The van der Waals surface area contributed by atoms with Gasteiger partial charge >= 0.3 is 0 Å². The second-order valence-corrected chi connectivity index (χ2v) is 6.90. The number of aromatic hydroxyl groups is 1. The zero-order valence-electron chi connectivity index (χ0n) is 16.4. The first kappa shape index (κ1) is 22.1. The summed E-state index contributed by atoms with van der Waals surface area (Å²) in [6, 6.07) is 10.9. The van der Waals surface area contributed by atoms with Gasteiger partial charge in [0.05, 0.1) is 24.8 Å². The van der Waals surface area contributed by atoms with Gasteiger partial charge < -0.3 is 19.8 Å². The van der Waals surface area contributed by atoms with Gasteiger partial charge in [0.15, 0.2) is 11.4 Å². The van der Waals surface area contributed by atoms with E-state index in [2.05, 4.69) is 5.10 Å². The van der Waals surface area contributed by atoms with Gasteiger partial charge in [0.25, 0.3) is 11.6 Å². The highest BCUT2D eigenvalue weighted by Crippen LogP contribution is 2.29. The van der Waals surface area contributed by atoms with E-state index in [-0.39, 0.29) is 41.8 Å². The molecule has 3 rings (SSSR count). The highest BCUT2D eigenvalue weighted by Gasteiger charge is 2.26. The Morgan fingerprint density at radius 1 is 1.32 bits per heavy atom. The van der Waals surface area contributed by atoms with Crippen molar-refractivity contribution in [2.24, 2.45) is 0 Å². The van der Waals surface area contributed by atoms with Crippen LogP contribution < -0.4 is 4.74 Å². The molecule has 3 aromatic rings. The van der Waals surface area contributed by atoms with Crippen LogP contribution in [0.4, 0.5) is 5.69 Å². The van der Waals surface area contributed by atoms with Crippen LogP contribution in [0.15, 0.2) is 48.7 Å². The van der Waals surface area contributed by atoms with Crippen molar-refractivity contribution >= 4 is 23.2 Å². The maximum absolute atomic E-state index is 13.1. The van der Waals surface area contributed by atoms with Crippen LogP contribution in [-0.4, -0.2) is 56.0 Å². The summed E-state index contributed by atoms with van der Waals surface area (Å²) in [5, 5.41) is 35.3. The average Bonchev–Trinajstić information content (AvgIpc) is 3.14. The highest BCUT2D eigenvalue weighted by molar-refractivity contribution is 6.30. The Balaban J connectivity index is 1.97. The maximum Gasteiger partial charge on any atom is 0.294 e. The highest BCUT2D eigenvalue weighted by atomic mass is 35.5. The van der Waals surface area contributed by atoms with E-state index in [4.69, 9.17) is 16.3 Å². The largest absolute Gasteiger partial charge is 0.504 e. The number of aliphatic hydroxyl groups excluding tert-OH is 1. The zero-order valence-corrected chi connectivity index (χ0v) is 17.2. The number of nitro groups is 1. The van der Waals surface area contributed by atoms with Gasteiger partial charge in [0, 0.05) is 29.7 Å². The number of carbonyl (C=O) groups is 1. The fraction of sp³-hybridized carbons (Fsp3) is 0.200. The molecule has 2 aromatic carbocycles. The summed E-state index contributed by atoms with van der Waals surface area (Å²) in [7, 11) is 1.50. The summed E-state index contributed by atoms with van der Waals surface area (Å²) in [6.07, 6.45) is 1.09. The number of halogens is 1. The lowest BCUT2D eigenvalue weighted by molar-refractivity contribution is -0.384. The van der Waals surface area contributed by atoms with Crippen molar-refractivity contribution in [1.82, 2.24) is 14.7 Å². The lowest BCUT2D eigenvalue weighted by atomic mass is 10.1. The standard InChI is InChI=1S/C20H19ClN4O6/c1-31-18-5-3-2-4-13(18)11-23(8-9-26)20(28)19-17(27)12-24(22-19)16-10-14(21)6-7-15(16)25(29)30/h2-7,10,12,26-27H,8-9,11H2,1H3. The Morgan fingerprint density at radius 2 is 2.06 bits per heavy atom. The van der Waals surface area contributed by atoms with E-state index < -0.39 is 16.6 Å². The Hall–Kier alpha value is -3.63. The molecule has 0 spiro atoms. The van der Waals surface area contributed by atoms with Crippen LogP contribution in [0.25, 0.3) is 5.69 Å². The third-order valence-corrected chi connectivity index (χ3v) is 4.72. The molecule has 1 amide bonds. The van der Waals surface area contributed by atoms with Gasteiger partial charge in [-0.05, 0) is 18.2 Å². The van der Waals surface area contributed by atoms with Gasteiger partial charge in [-0.15, -0.1) is 0 Å². The van der Waals surface area contributed by atoms with Crippen LogP contribution in [-0.2, 0) is 6.54 Å². The molecule has 11 heteroatoms. The Kier molecular flexibility index (Phi) is 6.73. The van der Waals surface area contributed by atoms with Gasteiger partial charge in [-0.3, -0.25) is 14.9 Å². The van der Waals surface area contributed by atoms with E-state index >= 15 is 0 Å². The number of ether oxygens (including phenoxy) is 1. The van der Waals surface area contributed by atoms with E-state index in [1.165, 1.54) is 30.2 Å². The molecule has 1 heterocycles. The number of carbonyl (C=O) groups excluding carboxylic acids is 1. The molecule has 31 heavy (non-hydrogen) atoms. The maximum atomic E-state index is 13.1. The number of hydrogen-bond acceptors (Lipinski definition) is 7. The lowest BCUT2D eigenvalue weighted by Crippen LogP contribution is -2.33. The third-order valence-electron chi connectivity index (χ3n) is 4.49. The van der Waals surface area contributed by atoms with Crippen molar-refractivity contribution in [3.05, 3.63) is 75.1 Å². The Bertz CT molecular complexity index is 1120. The van der Waals surface area contributed by atoms with Crippen LogP contribution in [0.1, 0.15) is 16.1 Å². The quantitative estimate of drug-likeness (QED) is 0.401. The first-order valence-corrected chi connectivity index (χ1v) is 9.48. The molecule has 0 fully saturated rings. The van der Waals surface area contributed by atoms with Crippen LogP contribution in [0.3, 0.4) is 0 Å². The molecule has 2 N–H and O–H groups in total. The summed E-state index contributed by atoms with van der Waals surface area (Å²) in [6.45, 7) is -0.254. The first-order chi connectivity index (χ1) is 14.8. The molecule has 0 bridgehead atoms. The van der Waals surface area contributed by atoms with Crippen molar-refractivity contribution in [2.75, 3.05) is 20.3 Å². The molecule has 0 aliphatic carbocycles. The van der Waals surface area contributed by atoms with E-state index in [0.29, 0.717) is 11.3 Å². The van der Waals surface area contributed by atoms with Gasteiger partial charge in [-0.25, -0.2) is 4.68 Å². The van der Waals surface area contributed by atoms with E-state index in [9.17, 15) is 25.1 Å². The second-order valence-electron chi connectivity index (χ2n) is 6.46. The lowest BCUT2D eigenvalue weighted by Gasteiger charge is -2.22. The molecular weight excluding hydrogens is 428 g/mol. The first-order valence-electron chi connectivity index (χ1n) is 9.10. The monoisotopic (exact) mass is 446 g/mol. The summed E-state index contributed by atoms with van der Waals surface area (Å²) >= 11 is 5.95. The van der Waals surface area contributed by atoms with E-state index in [0.717, 1.165) is 10.9 Å². The molecule has 1 aromatic heterocycles. The van der Waals surface area contributed by atoms with Gasteiger partial charge in [0.1, 0.15) is 11.4 Å². The van der Waals surface area contributed by atoms with Crippen LogP contribution in [0.5, 0.6) is 11.5 Å². The third kappa shape index (κ3) is 4.76. The van der Waals surface area contributed by atoms with Crippen molar-refractivity contribution in [3.8, 4) is 17.2 Å². The summed E-state index contributed by atoms with van der Waals surface area (Å²) < 4.78 is 6.32. The van der Waals surface area contributed by atoms with E-state index in [1.54, 1.807) is 24.3 Å². The Morgan fingerprint density at radius 3 is 2.74 bits per heavy atom. The number of rotatable bonds is 8. The number of methoxy groups -OCH3 is 1. The predicted octanol–water partition coefficient (Wildman–Crippen LogP) is 2.78. The predicted molar refractivity (Wildman–Crippen MR) is 112 cm³/mol. The van der Waals surface area contributed by atoms with Gasteiger partial charge in [0.2, 0.25) is 0 Å². The summed E-state index contributed by atoms with van der Waals surface area (Å²) in [5.41, 5.74) is 0.0613. The fourth-order valence-corrected chi connectivity index (χ4v) is 3.20. The van der Waals surface area contributed by atoms with E-state index in [1.807, 2.05) is 0 Å². The summed E-state index contributed by atoms with van der Waals surface area (Å²) in [4.78, 5) is 25.1. The van der Waals surface area contributed by atoms with Crippen LogP contribution >= 0.6 is 11.6 Å². The molecule has 0 saturated heterocycles. The van der Waals surface area contributed by atoms with Gasteiger partial charge in [-0.1, -0.05) is 29.8 Å². The van der Waals surface area contributed by atoms with Crippen LogP contribution in [0.2, 0.25) is 5.02 Å². The average molecular weight is 447 g/mol. The van der Waals surface area contributed by atoms with Crippen molar-refractivity contribution in [3.63, 3.8) is 0 Å². The SMILES string of the molecule is COc1ccccc1CN(CCO)C(=O)c1nn(-c2cc(Cl)ccc2[N+](=O)[O-])cc1O. The second kappa shape index (κ2) is 9.45. The normalized spacial score (nSPS) is 10.7. The van der Waals surface area contributed by atoms with Gasteiger partial charge in [-0.2, -0.15) is 5.10 Å². The molecular formula is C20H19ClN4O6. The molecule has 0 saturated carbocycles. The number of hydrogen-bond donors (Lipinski definition) is 2. The minimum atomic E-state index is -0.666. The topological polar surface area (TPSA) is 131 Å². The minimum Gasteiger partial charge on any atom is -0.504 e. The summed E-state index contributed by atoms with van der Waals surface area (Å²) in [5.74, 6) is -0.578. The number of benzene rings is 2. The van der Waals surface area contributed by atoms with Crippen molar-refractivity contribution in [1.29, 1.82) is 0 Å². The minimum absolute atomic E-state index is 0.00899. The molecule has 0 atom stereocenters. The molecule has 0 unspecified atom stereocenters. The zero-order chi connectivity index (χ0) is 22.5. The van der Waals surface area contributed by atoms with Crippen LogP contribution in [0, 0.1) is 10.1 Å². The molecule has 162 valence electrons. The number of nitro benzene ring substituents is 1. The number of aliphatic hydroxyl groups is 1. The molecule has 10 nitrogen and oxygen atoms in total. The van der Waals surface area contributed by atoms with Crippen molar-refractivity contribution < 1.29 is 24.7 Å². The number of para-hydroxylation sites is 1. The molecule has 0 aliphatic rings. The Labute approximate surface area is 182 Å². The smallest absolute Gasteiger partial charge is 0.294 e.